The summed E-state index contributed by atoms with van der Waals surface area (Å²) in [5.74, 6) is -3.47. The van der Waals surface area contributed by atoms with E-state index in [0.717, 1.165) is 0 Å². The van der Waals surface area contributed by atoms with E-state index in [1.54, 1.807) is 6.92 Å². The van der Waals surface area contributed by atoms with Gasteiger partial charge in [-0.2, -0.15) is 0 Å². The van der Waals surface area contributed by atoms with Gasteiger partial charge in [-0.05, 0) is 18.9 Å². The lowest BCUT2D eigenvalue weighted by molar-refractivity contribution is -0.384. The van der Waals surface area contributed by atoms with Gasteiger partial charge in [-0.15, -0.1) is 0 Å². The van der Waals surface area contributed by atoms with Crippen molar-refractivity contribution in [2.75, 3.05) is 7.11 Å². The Balaban J connectivity index is 2.66. The maximum absolute atomic E-state index is 12.3. The fraction of sp³-hybridized carbons (Fsp3) is 0.389. The van der Waals surface area contributed by atoms with E-state index in [0.29, 0.717) is 29.8 Å². The molecule has 1 aliphatic heterocycles. The molecule has 138 valence electrons. The number of carboxylic acids is 1. The van der Waals surface area contributed by atoms with Gasteiger partial charge >= 0.3 is 11.9 Å². The molecule has 0 fully saturated rings. The molecule has 1 heterocycles. The van der Waals surface area contributed by atoms with Crippen LogP contribution in [0.1, 0.15) is 38.2 Å². The van der Waals surface area contributed by atoms with E-state index in [4.69, 9.17) is 4.74 Å². The summed E-state index contributed by atoms with van der Waals surface area (Å²) in [6, 6.07) is 5.54. The number of ether oxygens (including phenoxy) is 1. The Hall–Kier alpha value is -3.03. The molecule has 0 saturated heterocycles. The Morgan fingerprint density at radius 1 is 1.31 bits per heavy atom. The van der Waals surface area contributed by atoms with E-state index >= 15 is 0 Å². The number of aliphatic carboxylic acids is 1. The van der Waals surface area contributed by atoms with Crippen LogP contribution in [0.2, 0.25) is 0 Å². The van der Waals surface area contributed by atoms with Crippen molar-refractivity contribution in [1.29, 1.82) is 0 Å². The quantitative estimate of drug-likeness (QED) is 0.473. The first kappa shape index (κ1) is 19.3. The molecule has 0 bridgehead atoms. The third kappa shape index (κ3) is 3.63. The monoisotopic (exact) mass is 360 g/mol. The van der Waals surface area contributed by atoms with Crippen molar-refractivity contribution in [3.63, 3.8) is 0 Å². The van der Waals surface area contributed by atoms with Crippen LogP contribution in [0.15, 0.2) is 40.5 Å². The highest BCUT2D eigenvalue weighted by molar-refractivity contribution is 6.06. The molecule has 2 atom stereocenters. The van der Waals surface area contributed by atoms with Crippen molar-refractivity contribution >= 4 is 23.3 Å². The average Bonchev–Trinajstić information content (AvgIpc) is 2.60. The zero-order valence-corrected chi connectivity index (χ0v) is 14.8. The maximum atomic E-state index is 12.3. The van der Waals surface area contributed by atoms with Gasteiger partial charge in [-0.3, -0.25) is 19.9 Å². The molecule has 8 heteroatoms. The lowest BCUT2D eigenvalue weighted by Crippen LogP contribution is -2.36. The van der Waals surface area contributed by atoms with Crippen LogP contribution in [0, 0.1) is 16.0 Å². The average molecular weight is 360 g/mol. The highest BCUT2D eigenvalue weighted by atomic mass is 16.6. The minimum absolute atomic E-state index is 0.0294. The summed E-state index contributed by atoms with van der Waals surface area (Å²) < 4.78 is 4.85. The first-order chi connectivity index (χ1) is 12.3. The van der Waals surface area contributed by atoms with Crippen LogP contribution < -0.4 is 0 Å². The topological polar surface area (TPSA) is 119 Å². The number of aliphatic imine (C=N–C) groups is 1. The Bertz CT molecular complexity index is 794. The predicted octanol–water partition coefficient (Wildman–Crippen LogP) is 3.08. The van der Waals surface area contributed by atoms with Gasteiger partial charge in [0.25, 0.3) is 5.69 Å². The largest absolute Gasteiger partial charge is 0.478 e. The van der Waals surface area contributed by atoms with Crippen molar-refractivity contribution in [1.82, 2.24) is 0 Å². The van der Waals surface area contributed by atoms with Crippen molar-refractivity contribution in [2.45, 2.75) is 32.6 Å². The van der Waals surface area contributed by atoms with Gasteiger partial charge in [-0.25, -0.2) is 4.79 Å². The van der Waals surface area contributed by atoms with Crippen LogP contribution in [-0.4, -0.2) is 34.8 Å². The molecular weight excluding hydrogens is 340 g/mol. The second-order valence-corrected chi connectivity index (χ2v) is 6.00. The number of esters is 1. The molecule has 0 radical (unpaired) electrons. The first-order valence-electron chi connectivity index (χ1n) is 8.15. The van der Waals surface area contributed by atoms with Crippen molar-refractivity contribution in [3.8, 4) is 0 Å². The van der Waals surface area contributed by atoms with E-state index in [1.165, 1.54) is 31.4 Å². The number of methoxy groups -OCH3 is 1. The van der Waals surface area contributed by atoms with E-state index in [9.17, 15) is 24.8 Å². The maximum Gasteiger partial charge on any atom is 0.334 e. The van der Waals surface area contributed by atoms with Crippen LogP contribution in [-0.2, 0) is 14.3 Å². The number of nitro benzene ring substituents is 1. The van der Waals surface area contributed by atoms with Gasteiger partial charge in [0.05, 0.1) is 23.3 Å². The Morgan fingerprint density at radius 3 is 2.38 bits per heavy atom. The summed E-state index contributed by atoms with van der Waals surface area (Å²) in [6.07, 6.45) is 1.15. The summed E-state index contributed by atoms with van der Waals surface area (Å²) in [4.78, 5) is 39.0. The van der Waals surface area contributed by atoms with Gasteiger partial charge in [0.1, 0.15) is 5.92 Å². The van der Waals surface area contributed by atoms with Gasteiger partial charge in [0, 0.05) is 23.8 Å². The minimum atomic E-state index is -1.16. The van der Waals surface area contributed by atoms with Crippen LogP contribution in [0.3, 0.4) is 0 Å². The number of allylic oxidation sites excluding steroid dienone is 1. The summed E-state index contributed by atoms with van der Waals surface area (Å²) in [7, 11) is 1.23. The van der Waals surface area contributed by atoms with Gasteiger partial charge in [0.15, 0.2) is 0 Å². The van der Waals surface area contributed by atoms with Crippen LogP contribution in [0.4, 0.5) is 5.69 Å². The minimum Gasteiger partial charge on any atom is -0.478 e. The van der Waals surface area contributed by atoms with E-state index in [1.807, 2.05) is 6.92 Å². The molecule has 1 aromatic carbocycles. The normalized spacial score (nSPS) is 19.7. The van der Waals surface area contributed by atoms with Gasteiger partial charge < -0.3 is 9.84 Å². The number of benzene rings is 1. The molecule has 2 unspecified atom stereocenters. The molecule has 0 saturated carbocycles. The number of hydrogen-bond donors (Lipinski definition) is 1. The number of carbonyl (C=O) groups excluding carboxylic acids is 1. The Kier molecular flexibility index (Phi) is 5.86. The highest BCUT2D eigenvalue weighted by Crippen LogP contribution is 2.41. The Morgan fingerprint density at radius 2 is 1.92 bits per heavy atom. The highest BCUT2D eigenvalue weighted by Gasteiger charge is 2.42. The first-order valence-corrected chi connectivity index (χ1v) is 8.15. The fourth-order valence-electron chi connectivity index (χ4n) is 3.21. The van der Waals surface area contributed by atoms with Crippen molar-refractivity contribution < 1.29 is 24.4 Å². The van der Waals surface area contributed by atoms with Crippen molar-refractivity contribution in [2.24, 2.45) is 10.9 Å². The summed E-state index contributed by atoms with van der Waals surface area (Å²) in [6.45, 7) is 3.57. The van der Waals surface area contributed by atoms with E-state index in [2.05, 4.69) is 4.99 Å². The van der Waals surface area contributed by atoms with Crippen molar-refractivity contribution in [3.05, 3.63) is 51.2 Å². The summed E-state index contributed by atoms with van der Waals surface area (Å²) in [5.41, 5.74) is 1.29. The lowest BCUT2D eigenvalue weighted by atomic mass is 9.75. The molecule has 0 aromatic heterocycles. The number of hydrogen-bond acceptors (Lipinski definition) is 6. The molecule has 26 heavy (non-hydrogen) atoms. The zero-order chi connectivity index (χ0) is 19.4. The second-order valence-electron chi connectivity index (χ2n) is 6.00. The number of non-ortho nitro benzene ring substituents is 1. The zero-order valence-electron chi connectivity index (χ0n) is 14.8. The summed E-state index contributed by atoms with van der Waals surface area (Å²) in [5, 5.41) is 20.7. The van der Waals surface area contributed by atoms with Gasteiger partial charge in [0.2, 0.25) is 0 Å². The number of nitro groups is 1. The molecule has 1 aromatic rings. The molecule has 1 aliphatic rings. The molecule has 1 N–H and O–H groups in total. The molecule has 8 nitrogen and oxygen atoms in total. The SMILES string of the molecule is CCCC1=C(C(=O)O)C(c2ccc([N+](=O)[O-])cc2)C(C(=O)OC)C(C)=N1. The molecule has 0 aliphatic carbocycles. The van der Waals surface area contributed by atoms with Gasteiger partial charge in [-0.1, -0.05) is 25.5 Å². The number of nitrogens with zero attached hydrogens (tertiary/aromatic N) is 2. The third-order valence-electron chi connectivity index (χ3n) is 4.35. The van der Waals surface area contributed by atoms with Crippen LogP contribution in [0.25, 0.3) is 0 Å². The van der Waals surface area contributed by atoms with E-state index in [-0.39, 0.29) is 11.3 Å². The molecule has 0 amide bonds. The molecule has 0 spiro atoms. The predicted molar refractivity (Wildman–Crippen MR) is 94.0 cm³/mol. The summed E-state index contributed by atoms with van der Waals surface area (Å²) >= 11 is 0. The third-order valence-corrected chi connectivity index (χ3v) is 4.35. The molecular formula is C18H20N2O6. The van der Waals surface area contributed by atoms with Crippen LogP contribution >= 0.6 is 0 Å². The Labute approximate surface area is 150 Å². The lowest BCUT2D eigenvalue weighted by Gasteiger charge is -2.31. The second kappa shape index (κ2) is 7.90. The molecule has 2 rings (SSSR count). The van der Waals surface area contributed by atoms with E-state index < -0.39 is 28.7 Å². The van der Waals surface area contributed by atoms with Crippen LogP contribution in [0.5, 0.6) is 0 Å². The fourth-order valence-corrected chi connectivity index (χ4v) is 3.21. The number of carbonyl (C=O) groups is 2. The standard InChI is InChI=1S/C18H20N2O6/c1-4-5-13-16(17(21)22)15(14(10(2)19-13)18(23)26-3)11-6-8-12(9-7-11)20(24)25/h6-9,14-15H,4-5H2,1-3H3,(H,21,22). The smallest absolute Gasteiger partial charge is 0.334 e. The number of carboxylic acid groups (broad SMARTS) is 1. The number of rotatable bonds is 6.